The SMILES string of the molecule is CCCCCCCCCCCCCCCCCC(=O)Nc1ccc(-c2nc3c(Cl)c(C(C)(C)C)[nH]n3n2)c(N)c1. The zero-order valence-corrected chi connectivity index (χ0v) is 26.0. The number of benzene rings is 1. The van der Waals surface area contributed by atoms with E-state index in [1.165, 1.54) is 83.5 Å². The Morgan fingerprint density at radius 3 is 1.98 bits per heavy atom. The molecule has 0 unspecified atom stereocenters. The molecule has 7 nitrogen and oxygen atoms in total. The average Bonchev–Trinajstić information content (AvgIpc) is 3.45. The van der Waals surface area contributed by atoms with Crippen LogP contribution in [0, 0.1) is 0 Å². The molecule has 4 N–H and O–H groups in total. The van der Waals surface area contributed by atoms with Crippen LogP contribution in [0.5, 0.6) is 0 Å². The van der Waals surface area contributed by atoms with E-state index in [4.69, 9.17) is 17.3 Å². The van der Waals surface area contributed by atoms with Gasteiger partial charge in [0, 0.05) is 28.8 Å². The third-order valence-electron chi connectivity index (χ3n) is 7.57. The van der Waals surface area contributed by atoms with Crippen LogP contribution < -0.4 is 11.1 Å². The summed E-state index contributed by atoms with van der Waals surface area (Å²) in [6.07, 6.45) is 20.3. The molecule has 1 amide bonds. The molecule has 0 bridgehead atoms. The van der Waals surface area contributed by atoms with E-state index in [0.29, 0.717) is 39.9 Å². The second-order valence-corrected chi connectivity index (χ2v) is 12.6. The largest absolute Gasteiger partial charge is 0.398 e. The summed E-state index contributed by atoms with van der Waals surface area (Å²) < 4.78 is 1.59. The van der Waals surface area contributed by atoms with E-state index in [9.17, 15) is 4.79 Å². The van der Waals surface area contributed by atoms with Gasteiger partial charge in [0.2, 0.25) is 5.91 Å². The summed E-state index contributed by atoms with van der Waals surface area (Å²) in [6.45, 7) is 8.51. The summed E-state index contributed by atoms with van der Waals surface area (Å²) in [5.74, 6) is 0.513. The van der Waals surface area contributed by atoms with Crippen molar-refractivity contribution >= 4 is 34.5 Å². The van der Waals surface area contributed by atoms with Gasteiger partial charge in [-0.2, -0.15) is 4.63 Å². The number of carbonyl (C=O) groups is 1. The maximum Gasteiger partial charge on any atom is 0.224 e. The van der Waals surface area contributed by atoms with Crippen LogP contribution >= 0.6 is 11.6 Å². The Labute approximate surface area is 246 Å². The molecule has 0 aliphatic rings. The summed E-state index contributed by atoms with van der Waals surface area (Å²) in [5, 5.41) is 11.3. The Hall–Kier alpha value is -2.54. The molecule has 0 saturated heterocycles. The van der Waals surface area contributed by atoms with E-state index in [0.717, 1.165) is 18.5 Å². The highest BCUT2D eigenvalue weighted by Crippen LogP contribution is 2.33. The Morgan fingerprint density at radius 1 is 0.925 bits per heavy atom. The van der Waals surface area contributed by atoms with Gasteiger partial charge in [0.05, 0.1) is 5.69 Å². The molecule has 0 atom stereocenters. The lowest BCUT2D eigenvalue weighted by molar-refractivity contribution is -0.116. The van der Waals surface area contributed by atoms with Gasteiger partial charge >= 0.3 is 0 Å². The molecule has 222 valence electrons. The van der Waals surface area contributed by atoms with Crippen LogP contribution in [0.3, 0.4) is 0 Å². The molecule has 0 saturated carbocycles. The predicted octanol–water partition coefficient (Wildman–Crippen LogP) is 9.46. The van der Waals surface area contributed by atoms with E-state index >= 15 is 0 Å². The van der Waals surface area contributed by atoms with E-state index in [1.807, 2.05) is 12.1 Å². The number of carbonyl (C=O) groups excluding carboxylic acids is 1. The molecule has 0 fully saturated rings. The smallest absolute Gasteiger partial charge is 0.224 e. The molecule has 40 heavy (non-hydrogen) atoms. The number of nitrogen functional groups attached to an aromatic ring is 1. The monoisotopic (exact) mass is 570 g/mol. The minimum absolute atomic E-state index is 0.0248. The number of nitrogens with zero attached hydrogens (tertiary/aromatic N) is 3. The van der Waals surface area contributed by atoms with Crippen molar-refractivity contribution in [3.05, 3.63) is 28.9 Å². The topological polar surface area (TPSA) is 101 Å². The maximum absolute atomic E-state index is 12.4. The first-order valence-corrected chi connectivity index (χ1v) is 15.9. The zero-order valence-electron chi connectivity index (χ0n) is 25.3. The highest BCUT2D eigenvalue weighted by atomic mass is 35.5. The van der Waals surface area contributed by atoms with Gasteiger partial charge in [0.1, 0.15) is 5.02 Å². The van der Waals surface area contributed by atoms with Crippen molar-refractivity contribution in [1.82, 2.24) is 19.8 Å². The minimum atomic E-state index is -0.148. The molecule has 0 spiro atoms. The Bertz CT molecular complexity index is 1190. The quantitative estimate of drug-likeness (QED) is 0.105. The number of H-pyrrole nitrogens is 1. The molecule has 2 heterocycles. The number of anilines is 2. The zero-order chi connectivity index (χ0) is 29.0. The number of hydrogen-bond donors (Lipinski definition) is 3. The minimum Gasteiger partial charge on any atom is -0.398 e. The first-order valence-electron chi connectivity index (χ1n) is 15.5. The van der Waals surface area contributed by atoms with Crippen molar-refractivity contribution in [1.29, 1.82) is 0 Å². The molecule has 2 aromatic heterocycles. The second kappa shape index (κ2) is 16.0. The number of nitrogens with one attached hydrogen (secondary N) is 2. The number of hydrogen-bond acceptors (Lipinski definition) is 4. The van der Waals surface area contributed by atoms with Crippen LogP contribution in [0.15, 0.2) is 18.2 Å². The van der Waals surface area contributed by atoms with Crippen LogP contribution in [0.4, 0.5) is 11.4 Å². The predicted molar refractivity (Wildman–Crippen MR) is 169 cm³/mol. The van der Waals surface area contributed by atoms with Gasteiger partial charge in [-0.1, -0.05) is 129 Å². The summed E-state index contributed by atoms with van der Waals surface area (Å²) >= 11 is 6.55. The Morgan fingerprint density at radius 2 is 1.48 bits per heavy atom. The third-order valence-corrected chi connectivity index (χ3v) is 7.93. The van der Waals surface area contributed by atoms with Gasteiger partial charge in [-0.05, 0) is 24.6 Å². The van der Waals surface area contributed by atoms with Crippen molar-refractivity contribution in [2.45, 2.75) is 136 Å². The van der Waals surface area contributed by atoms with Crippen molar-refractivity contribution in [2.24, 2.45) is 0 Å². The lowest BCUT2D eigenvalue weighted by Crippen LogP contribution is -2.13. The van der Waals surface area contributed by atoms with Gasteiger partial charge in [-0.25, -0.2) is 4.98 Å². The maximum atomic E-state index is 12.4. The van der Waals surface area contributed by atoms with Gasteiger partial charge in [-0.15, -0.1) is 5.10 Å². The summed E-state index contributed by atoms with van der Waals surface area (Å²) in [6, 6.07) is 5.44. The van der Waals surface area contributed by atoms with E-state index in [2.05, 4.69) is 48.2 Å². The Kier molecular flexibility index (Phi) is 12.8. The van der Waals surface area contributed by atoms with Crippen LogP contribution in [0.1, 0.15) is 136 Å². The van der Waals surface area contributed by atoms with Crippen LogP contribution in [-0.2, 0) is 10.2 Å². The van der Waals surface area contributed by atoms with Crippen LogP contribution in [0.25, 0.3) is 17.0 Å². The lowest BCUT2D eigenvalue weighted by atomic mass is 9.92. The van der Waals surface area contributed by atoms with Crippen LogP contribution in [-0.4, -0.2) is 25.7 Å². The molecule has 3 aromatic rings. The number of aromatic amines is 1. The molecule has 1 aromatic carbocycles. The molecular weight excluding hydrogens is 520 g/mol. The average molecular weight is 571 g/mol. The molecule has 0 aliphatic heterocycles. The summed E-state index contributed by atoms with van der Waals surface area (Å²) in [5.41, 5.74) is 9.51. The molecule has 0 aliphatic carbocycles. The molecular formula is C32H51ClN6O. The summed E-state index contributed by atoms with van der Waals surface area (Å²) in [4.78, 5) is 17.0. The first-order chi connectivity index (χ1) is 19.2. The van der Waals surface area contributed by atoms with Crippen molar-refractivity contribution in [2.75, 3.05) is 11.1 Å². The number of fused-ring (bicyclic) bond motifs is 1. The fraction of sp³-hybridized carbons (Fsp3) is 0.656. The molecule has 8 heteroatoms. The highest BCUT2D eigenvalue weighted by Gasteiger charge is 2.24. The normalized spacial score (nSPS) is 11.9. The number of halogens is 1. The number of unbranched alkanes of at least 4 members (excludes halogenated alkanes) is 14. The number of nitrogens with two attached hydrogens (primary N) is 1. The highest BCUT2D eigenvalue weighted by molar-refractivity contribution is 6.34. The van der Waals surface area contributed by atoms with E-state index in [1.54, 1.807) is 10.7 Å². The summed E-state index contributed by atoms with van der Waals surface area (Å²) in [7, 11) is 0. The fourth-order valence-corrected chi connectivity index (χ4v) is 5.58. The molecule has 3 rings (SSSR count). The van der Waals surface area contributed by atoms with Gasteiger partial charge in [0.25, 0.3) is 0 Å². The van der Waals surface area contributed by atoms with Crippen LogP contribution in [0.2, 0.25) is 5.02 Å². The second-order valence-electron chi connectivity index (χ2n) is 12.3. The third kappa shape index (κ3) is 9.83. The van der Waals surface area contributed by atoms with Gasteiger partial charge in [-0.3, -0.25) is 9.89 Å². The first kappa shape index (κ1) is 32.0. The van der Waals surface area contributed by atoms with Crippen molar-refractivity contribution in [3.8, 4) is 11.4 Å². The van der Waals surface area contributed by atoms with Crippen molar-refractivity contribution in [3.63, 3.8) is 0 Å². The Balaban J connectivity index is 1.30. The number of amides is 1. The number of rotatable bonds is 18. The van der Waals surface area contributed by atoms with E-state index in [-0.39, 0.29) is 11.3 Å². The molecule has 0 radical (unpaired) electrons. The number of aromatic nitrogens is 4. The van der Waals surface area contributed by atoms with Crippen molar-refractivity contribution < 1.29 is 4.79 Å². The van der Waals surface area contributed by atoms with Gasteiger partial charge < -0.3 is 11.1 Å². The standard InChI is InChI=1S/C32H51ClN6O/c1-5-6-7-8-9-10-11-12-13-14-15-16-17-18-19-20-27(40)35-24-21-22-25(26(34)23-24)30-36-31-28(33)29(32(2,3)4)37-39(31)38-30/h21-23,37H,5-20,34H2,1-4H3,(H,35,40). The van der Waals surface area contributed by atoms with Gasteiger partial charge in [0.15, 0.2) is 11.5 Å². The lowest BCUT2D eigenvalue weighted by Gasteiger charge is -2.16. The van der Waals surface area contributed by atoms with E-state index < -0.39 is 0 Å². The fourth-order valence-electron chi connectivity index (χ4n) is 5.13.